The van der Waals surface area contributed by atoms with Crippen LogP contribution in [0.4, 0.5) is 5.69 Å². The molecule has 0 saturated heterocycles. The third kappa shape index (κ3) is 3.86. The van der Waals surface area contributed by atoms with Gasteiger partial charge in [-0.15, -0.1) is 0 Å². The number of nitrogens with two attached hydrogens (primary N) is 1. The fourth-order valence-corrected chi connectivity index (χ4v) is 2.25. The largest absolute Gasteiger partial charge is 0.389 e. The van der Waals surface area contributed by atoms with Gasteiger partial charge in [0, 0.05) is 22.8 Å². The van der Waals surface area contributed by atoms with Crippen molar-refractivity contribution in [2.24, 2.45) is 11.7 Å². The van der Waals surface area contributed by atoms with Crippen LogP contribution >= 0.6 is 23.8 Å². The van der Waals surface area contributed by atoms with Gasteiger partial charge < -0.3 is 11.1 Å². The van der Waals surface area contributed by atoms with Gasteiger partial charge in [-0.05, 0) is 37.0 Å². The summed E-state index contributed by atoms with van der Waals surface area (Å²) in [6.45, 7) is 0.951. The second-order valence-corrected chi connectivity index (χ2v) is 5.44. The van der Waals surface area contributed by atoms with Crippen molar-refractivity contribution in [3.63, 3.8) is 0 Å². The molecule has 0 bridgehead atoms. The number of anilines is 1. The Bertz CT molecular complexity index is 416. The standard InChI is InChI=1S/C13H17ClN2S/c14-10-5-6-11(13(15)17)12(8-10)16-7-1-2-9-3-4-9/h5-6,8-9,16H,1-4,7H2,(H2,15,17). The van der Waals surface area contributed by atoms with Gasteiger partial charge in [-0.2, -0.15) is 0 Å². The van der Waals surface area contributed by atoms with Gasteiger partial charge in [0.2, 0.25) is 0 Å². The highest BCUT2D eigenvalue weighted by atomic mass is 35.5. The first-order valence-corrected chi connectivity index (χ1v) is 6.78. The van der Waals surface area contributed by atoms with E-state index in [9.17, 15) is 0 Å². The van der Waals surface area contributed by atoms with Crippen molar-refractivity contribution in [1.82, 2.24) is 0 Å². The van der Waals surface area contributed by atoms with E-state index in [0.29, 0.717) is 10.0 Å². The van der Waals surface area contributed by atoms with Gasteiger partial charge >= 0.3 is 0 Å². The SMILES string of the molecule is NC(=S)c1ccc(Cl)cc1NCCCC1CC1. The molecular weight excluding hydrogens is 252 g/mol. The molecule has 1 fully saturated rings. The Morgan fingerprint density at radius 3 is 2.88 bits per heavy atom. The average Bonchev–Trinajstić information content (AvgIpc) is 3.08. The summed E-state index contributed by atoms with van der Waals surface area (Å²) in [5.74, 6) is 0.978. The van der Waals surface area contributed by atoms with Crippen LogP contribution in [0.2, 0.25) is 5.02 Å². The first-order valence-electron chi connectivity index (χ1n) is 6.00. The van der Waals surface area contributed by atoms with E-state index < -0.39 is 0 Å². The van der Waals surface area contributed by atoms with Crippen molar-refractivity contribution >= 4 is 34.5 Å². The second-order valence-electron chi connectivity index (χ2n) is 4.57. The van der Waals surface area contributed by atoms with Crippen molar-refractivity contribution in [2.75, 3.05) is 11.9 Å². The second kappa shape index (κ2) is 5.69. The predicted octanol–water partition coefficient (Wildman–Crippen LogP) is 3.58. The van der Waals surface area contributed by atoms with E-state index in [4.69, 9.17) is 29.6 Å². The van der Waals surface area contributed by atoms with E-state index in [1.807, 2.05) is 18.2 Å². The molecule has 1 aromatic carbocycles. The van der Waals surface area contributed by atoms with Gasteiger partial charge in [0.15, 0.2) is 0 Å². The Kier molecular flexibility index (Phi) is 4.24. The van der Waals surface area contributed by atoms with E-state index in [1.165, 1.54) is 25.7 Å². The fourth-order valence-electron chi connectivity index (χ4n) is 1.90. The van der Waals surface area contributed by atoms with E-state index >= 15 is 0 Å². The summed E-state index contributed by atoms with van der Waals surface area (Å²) < 4.78 is 0. The van der Waals surface area contributed by atoms with Crippen LogP contribution in [0.3, 0.4) is 0 Å². The van der Waals surface area contributed by atoms with Crippen molar-refractivity contribution in [3.05, 3.63) is 28.8 Å². The summed E-state index contributed by atoms with van der Waals surface area (Å²) >= 11 is 11.0. The molecule has 1 aliphatic rings. The molecule has 4 heteroatoms. The minimum Gasteiger partial charge on any atom is -0.389 e. The lowest BCUT2D eigenvalue weighted by Gasteiger charge is -2.11. The third-order valence-electron chi connectivity index (χ3n) is 3.05. The maximum atomic E-state index is 5.97. The molecule has 0 spiro atoms. The molecule has 0 radical (unpaired) electrons. The zero-order valence-corrected chi connectivity index (χ0v) is 11.3. The lowest BCUT2D eigenvalue weighted by atomic mass is 10.1. The molecule has 2 nitrogen and oxygen atoms in total. The first-order chi connectivity index (χ1) is 8.16. The summed E-state index contributed by atoms with van der Waals surface area (Å²) in [5.41, 5.74) is 7.49. The van der Waals surface area contributed by atoms with Gasteiger partial charge in [0.25, 0.3) is 0 Å². The van der Waals surface area contributed by atoms with Gasteiger partial charge in [-0.1, -0.05) is 36.7 Å². The number of hydrogen-bond donors (Lipinski definition) is 2. The average molecular weight is 269 g/mol. The van der Waals surface area contributed by atoms with Crippen molar-refractivity contribution in [2.45, 2.75) is 25.7 Å². The molecule has 0 amide bonds. The predicted molar refractivity (Wildman–Crippen MR) is 77.8 cm³/mol. The molecule has 1 saturated carbocycles. The van der Waals surface area contributed by atoms with Crippen LogP contribution in [0.5, 0.6) is 0 Å². The van der Waals surface area contributed by atoms with Gasteiger partial charge in [0.1, 0.15) is 4.99 Å². The van der Waals surface area contributed by atoms with Gasteiger partial charge in [0.05, 0.1) is 0 Å². The van der Waals surface area contributed by atoms with E-state index in [2.05, 4.69) is 5.32 Å². The molecule has 92 valence electrons. The van der Waals surface area contributed by atoms with Crippen LogP contribution in [0, 0.1) is 5.92 Å². The normalized spacial score (nSPS) is 14.6. The topological polar surface area (TPSA) is 38.0 Å². The van der Waals surface area contributed by atoms with Crippen LogP contribution in [0.1, 0.15) is 31.2 Å². The molecule has 0 heterocycles. The third-order valence-corrected chi connectivity index (χ3v) is 3.50. The highest BCUT2D eigenvalue weighted by Crippen LogP contribution is 2.33. The van der Waals surface area contributed by atoms with Crippen LogP contribution in [0.25, 0.3) is 0 Å². The fraction of sp³-hybridized carbons (Fsp3) is 0.462. The summed E-state index contributed by atoms with van der Waals surface area (Å²) in [6, 6.07) is 5.56. The van der Waals surface area contributed by atoms with Crippen LogP contribution in [-0.2, 0) is 0 Å². The van der Waals surface area contributed by atoms with Gasteiger partial charge in [-0.3, -0.25) is 0 Å². The van der Waals surface area contributed by atoms with Crippen molar-refractivity contribution < 1.29 is 0 Å². The minimum absolute atomic E-state index is 0.409. The number of nitrogens with one attached hydrogen (secondary N) is 1. The molecule has 3 N–H and O–H groups in total. The van der Waals surface area contributed by atoms with E-state index in [-0.39, 0.29) is 0 Å². The Labute approximate surface area is 113 Å². The highest BCUT2D eigenvalue weighted by molar-refractivity contribution is 7.80. The quantitative estimate of drug-likeness (QED) is 0.612. The molecule has 0 atom stereocenters. The Hall–Kier alpha value is -0.800. The number of thiocarbonyl (C=S) groups is 1. The first kappa shape index (κ1) is 12.7. The smallest absolute Gasteiger partial charge is 0.106 e. The molecule has 0 aliphatic heterocycles. The molecular formula is C13H17ClN2S. The van der Waals surface area contributed by atoms with E-state index in [1.54, 1.807) is 0 Å². The summed E-state index contributed by atoms with van der Waals surface area (Å²) in [5, 5.41) is 4.07. The molecule has 17 heavy (non-hydrogen) atoms. The Morgan fingerprint density at radius 2 is 2.24 bits per heavy atom. The lowest BCUT2D eigenvalue weighted by molar-refractivity contribution is 0.687. The number of benzene rings is 1. The monoisotopic (exact) mass is 268 g/mol. The minimum atomic E-state index is 0.409. The van der Waals surface area contributed by atoms with E-state index in [0.717, 1.165) is 23.7 Å². The zero-order chi connectivity index (χ0) is 12.3. The lowest BCUT2D eigenvalue weighted by Crippen LogP contribution is -2.13. The number of hydrogen-bond acceptors (Lipinski definition) is 2. The Morgan fingerprint density at radius 1 is 1.47 bits per heavy atom. The molecule has 1 aliphatic carbocycles. The molecule has 1 aromatic rings. The summed E-state index contributed by atoms with van der Waals surface area (Å²) in [4.78, 5) is 0.409. The summed E-state index contributed by atoms with van der Waals surface area (Å²) in [6.07, 6.45) is 5.33. The zero-order valence-electron chi connectivity index (χ0n) is 9.71. The maximum absolute atomic E-state index is 5.97. The van der Waals surface area contributed by atoms with Crippen LogP contribution < -0.4 is 11.1 Å². The molecule has 0 aromatic heterocycles. The van der Waals surface area contributed by atoms with Crippen LogP contribution in [0.15, 0.2) is 18.2 Å². The molecule has 2 rings (SSSR count). The van der Waals surface area contributed by atoms with Crippen molar-refractivity contribution in [3.8, 4) is 0 Å². The number of halogens is 1. The number of rotatable bonds is 6. The maximum Gasteiger partial charge on any atom is 0.106 e. The molecule has 0 unspecified atom stereocenters. The van der Waals surface area contributed by atoms with Crippen LogP contribution in [-0.4, -0.2) is 11.5 Å². The summed E-state index contributed by atoms with van der Waals surface area (Å²) in [7, 11) is 0. The highest BCUT2D eigenvalue weighted by Gasteiger charge is 2.19. The van der Waals surface area contributed by atoms with Gasteiger partial charge in [-0.25, -0.2) is 0 Å². The Balaban J connectivity index is 1.92. The van der Waals surface area contributed by atoms with Crippen molar-refractivity contribution in [1.29, 1.82) is 0 Å².